The Bertz CT molecular complexity index is 1460. The summed E-state index contributed by atoms with van der Waals surface area (Å²) < 4.78 is 17.3. The van der Waals surface area contributed by atoms with Crippen molar-refractivity contribution in [3.05, 3.63) is 158 Å². The molecule has 0 aliphatic heterocycles. The lowest BCUT2D eigenvalue weighted by Gasteiger charge is -2.18. The van der Waals surface area contributed by atoms with Gasteiger partial charge in [0.1, 0.15) is 6.61 Å². The van der Waals surface area contributed by atoms with E-state index in [9.17, 15) is 9.59 Å². The summed E-state index contributed by atoms with van der Waals surface area (Å²) in [5, 5.41) is 0. The first-order valence-electron chi connectivity index (χ1n) is 25.0. The lowest BCUT2D eigenvalue weighted by Crippen LogP contribution is -2.30. The molecule has 0 aliphatic carbocycles. The number of unbranched alkanes of at least 4 members (excludes halogenated alkanes) is 6. The van der Waals surface area contributed by atoms with Gasteiger partial charge >= 0.3 is 11.9 Å². The van der Waals surface area contributed by atoms with Crippen molar-refractivity contribution in [2.24, 2.45) is 0 Å². The minimum absolute atomic E-state index is 0.0173. The van der Waals surface area contributed by atoms with Crippen LogP contribution in [0.5, 0.6) is 0 Å². The lowest BCUT2D eigenvalue weighted by atomic mass is 10.1. The molecule has 0 saturated heterocycles. The highest BCUT2D eigenvalue weighted by atomic mass is 16.6. The van der Waals surface area contributed by atoms with Gasteiger partial charge in [0.05, 0.1) is 6.61 Å². The van der Waals surface area contributed by atoms with Crippen molar-refractivity contribution in [1.29, 1.82) is 0 Å². The maximum Gasteiger partial charge on any atom is 0.306 e. The van der Waals surface area contributed by atoms with E-state index in [1.54, 1.807) is 0 Å². The first kappa shape index (κ1) is 59.5. The van der Waals surface area contributed by atoms with Crippen LogP contribution in [0.3, 0.4) is 0 Å². The summed E-state index contributed by atoms with van der Waals surface area (Å²) in [5.74, 6) is -0.535. The fourth-order valence-corrected chi connectivity index (χ4v) is 5.93. The number of carbonyl (C=O) groups is 2. The molecule has 0 aromatic rings. The summed E-state index contributed by atoms with van der Waals surface area (Å²) in [5.41, 5.74) is 0. The minimum Gasteiger partial charge on any atom is -0.462 e. The van der Waals surface area contributed by atoms with E-state index in [2.05, 4.69) is 179 Å². The zero-order valence-electron chi connectivity index (χ0n) is 40.7. The number of rotatable bonds is 43. The number of hydrogen-bond acceptors (Lipinski definition) is 5. The van der Waals surface area contributed by atoms with E-state index in [4.69, 9.17) is 14.2 Å². The average Bonchev–Trinajstić information content (AvgIpc) is 3.30. The van der Waals surface area contributed by atoms with Crippen LogP contribution in [0, 0.1) is 0 Å². The molecule has 0 aromatic carbocycles. The van der Waals surface area contributed by atoms with Gasteiger partial charge < -0.3 is 14.2 Å². The fraction of sp³-hybridized carbons (Fsp3) is 0.525. The zero-order valence-corrected chi connectivity index (χ0v) is 40.7. The smallest absolute Gasteiger partial charge is 0.306 e. The van der Waals surface area contributed by atoms with Crippen molar-refractivity contribution in [2.45, 2.75) is 181 Å². The number of ether oxygens (including phenoxy) is 3. The maximum atomic E-state index is 12.8. The number of carbonyl (C=O) groups excluding carboxylic acids is 2. The molecule has 0 N–H and O–H groups in total. The van der Waals surface area contributed by atoms with E-state index in [1.807, 2.05) is 0 Å². The van der Waals surface area contributed by atoms with Crippen molar-refractivity contribution in [1.82, 2.24) is 0 Å². The fourth-order valence-electron chi connectivity index (χ4n) is 5.93. The average molecular weight is 879 g/mol. The number of esters is 2. The summed E-state index contributed by atoms with van der Waals surface area (Å²) in [6.45, 7) is 7.25. The van der Waals surface area contributed by atoms with Crippen molar-refractivity contribution >= 4 is 11.9 Å². The van der Waals surface area contributed by atoms with E-state index >= 15 is 0 Å². The first-order chi connectivity index (χ1) is 31.6. The summed E-state index contributed by atoms with van der Waals surface area (Å²) in [7, 11) is 0. The third-order valence-corrected chi connectivity index (χ3v) is 9.54. The van der Waals surface area contributed by atoms with Gasteiger partial charge in [-0.15, -0.1) is 0 Å². The molecule has 0 saturated carbocycles. The highest BCUT2D eigenvalue weighted by Crippen LogP contribution is 2.09. The van der Waals surface area contributed by atoms with Gasteiger partial charge in [0.2, 0.25) is 0 Å². The molecule has 5 nitrogen and oxygen atoms in total. The number of allylic oxidation sites excluding steroid dienone is 26. The third-order valence-electron chi connectivity index (χ3n) is 9.54. The van der Waals surface area contributed by atoms with Crippen LogP contribution >= 0.6 is 0 Å². The van der Waals surface area contributed by atoms with Crippen LogP contribution in [0.2, 0.25) is 0 Å². The Morgan fingerprint density at radius 2 is 0.641 bits per heavy atom. The molecular formula is C59H90O5. The molecule has 0 bridgehead atoms. The Morgan fingerprint density at radius 1 is 0.344 bits per heavy atom. The zero-order chi connectivity index (χ0) is 46.3. The molecule has 0 spiro atoms. The van der Waals surface area contributed by atoms with Gasteiger partial charge in [0.25, 0.3) is 0 Å². The lowest BCUT2D eigenvalue weighted by molar-refractivity contribution is -0.163. The highest BCUT2D eigenvalue weighted by molar-refractivity contribution is 5.70. The second kappa shape index (κ2) is 52.9. The van der Waals surface area contributed by atoms with Crippen molar-refractivity contribution in [3.8, 4) is 0 Å². The van der Waals surface area contributed by atoms with Gasteiger partial charge in [0.15, 0.2) is 6.10 Å². The van der Waals surface area contributed by atoms with Crippen LogP contribution in [0.1, 0.15) is 175 Å². The molecular weight excluding hydrogens is 789 g/mol. The van der Waals surface area contributed by atoms with Crippen LogP contribution in [0.25, 0.3) is 0 Å². The predicted molar refractivity (Wildman–Crippen MR) is 278 cm³/mol. The normalized spacial score (nSPS) is 13.6. The molecule has 0 heterocycles. The summed E-state index contributed by atoms with van der Waals surface area (Å²) in [4.78, 5) is 25.4. The van der Waals surface area contributed by atoms with Crippen molar-refractivity contribution in [3.63, 3.8) is 0 Å². The van der Waals surface area contributed by atoms with Crippen LogP contribution in [-0.2, 0) is 23.8 Å². The van der Waals surface area contributed by atoms with E-state index in [0.717, 1.165) is 141 Å². The van der Waals surface area contributed by atoms with Gasteiger partial charge in [0, 0.05) is 19.4 Å². The van der Waals surface area contributed by atoms with Crippen LogP contribution in [0.4, 0.5) is 0 Å². The Kier molecular flexibility index (Phi) is 49.2. The van der Waals surface area contributed by atoms with E-state index in [1.165, 1.54) is 0 Å². The van der Waals surface area contributed by atoms with Crippen molar-refractivity contribution < 1.29 is 23.8 Å². The van der Waals surface area contributed by atoms with E-state index in [-0.39, 0.29) is 25.2 Å². The molecule has 0 fully saturated rings. The Balaban J connectivity index is 4.54. The maximum absolute atomic E-state index is 12.8. The van der Waals surface area contributed by atoms with E-state index in [0.29, 0.717) is 19.4 Å². The quantitative estimate of drug-likeness (QED) is 0.0347. The van der Waals surface area contributed by atoms with Gasteiger partial charge in [-0.2, -0.15) is 0 Å². The molecule has 1 atom stereocenters. The first-order valence-corrected chi connectivity index (χ1v) is 25.0. The second-order valence-corrected chi connectivity index (χ2v) is 15.6. The molecule has 356 valence electrons. The SMILES string of the molecule is CC/C=C\C/C=C\C/C=C\C/C=C\C/C=C\CCCCOCC(COC(=O)CCCC/C=C\C/C=C\C/C=C\C/C=C\CC)OC(=O)CCCC/C=C\C/C=C\C/C=C\C/C=C\CC. The van der Waals surface area contributed by atoms with Gasteiger partial charge in [-0.3, -0.25) is 9.59 Å². The Morgan fingerprint density at radius 3 is 0.984 bits per heavy atom. The molecule has 5 heteroatoms. The molecule has 0 amide bonds. The highest BCUT2D eigenvalue weighted by Gasteiger charge is 2.17. The van der Waals surface area contributed by atoms with Crippen LogP contribution in [0.15, 0.2) is 158 Å². The van der Waals surface area contributed by atoms with Gasteiger partial charge in [-0.1, -0.05) is 179 Å². The molecule has 64 heavy (non-hydrogen) atoms. The number of hydrogen-bond donors (Lipinski definition) is 0. The molecule has 1 unspecified atom stereocenters. The van der Waals surface area contributed by atoms with Gasteiger partial charge in [-0.05, 0) is 141 Å². The van der Waals surface area contributed by atoms with Gasteiger partial charge in [-0.25, -0.2) is 0 Å². The topological polar surface area (TPSA) is 61.8 Å². The van der Waals surface area contributed by atoms with E-state index < -0.39 is 6.10 Å². The summed E-state index contributed by atoms with van der Waals surface area (Å²) >= 11 is 0. The van der Waals surface area contributed by atoms with Crippen LogP contribution in [-0.4, -0.2) is 37.9 Å². The third kappa shape index (κ3) is 50.2. The predicted octanol–water partition coefficient (Wildman–Crippen LogP) is 17.1. The minimum atomic E-state index is -0.610. The largest absolute Gasteiger partial charge is 0.462 e. The standard InChI is InChI=1S/C59H90O5/c1-4-7-10-13-16-19-22-25-28-29-30-33-36-39-42-45-48-51-54-62-55-57(64-59(61)53-50-47-44-41-38-35-32-27-24-21-18-15-12-9-6-3)56-63-58(60)52-49-46-43-40-37-34-31-26-23-20-17-14-11-8-5-2/h7-12,16-21,25-28,30-33,37-42,57H,4-6,13-15,22-24,29,34-36,43-56H2,1-3H3/b10-7-,11-8-,12-9-,19-16-,20-17-,21-18-,28-25-,31-26-,32-27-,33-30-,40-37-,41-38-,42-39-. The molecule has 0 aliphatic rings. The summed E-state index contributed by atoms with van der Waals surface area (Å²) in [6.07, 6.45) is 78.3. The molecule has 0 radical (unpaired) electrons. The van der Waals surface area contributed by atoms with Crippen LogP contribution < -0.4 is 0 Å². The summed E-state index contributed by atoms with van der Waals surface area (Å²) in [6, 6.07) is 0. The monoisotopic (exact) mass is 879 g/mol. The van der Waals surface area contributed by atoms with Crippen molar-refractivity contribution in [2.75, 3.05) is 19.8 Å². The Hall–Kier alpha value is -4.48. The second-order valence-electron chi connectivity index (χ2n) is 15.6. The molecule has 0 aromatic heterocycles. The molecule has 0 rings (SSSR count). The Labute approximate surface area is 393 Å².